The average molecular weight is 343 g/mol. The molecule has 1 aromatic heterocycles. The highest BCUT2D eigenvalue weighted by molar-refractivity contribution is 5.76. The van der Waals surface area contributed by atoms with E-state index in [0.717, 1.165) is 43.0 Å². The van der Waals surface area contributed by atoms with E-state index in [1.807, 2.05) is 42.1 Å². The lowest BCUT2D eigenvalue weighted by atomic mass is 10.0. The Hall–Kier alpha value is -2.34. The second-order valence-electron chi connectivity index (χ2n) is 6.35. The van der Waals surface area contributed by atoms with Gasteiger partial charge in [-0.3, -0.25) is 4.79 Å². The molecular formula is C19H25N3O3. The van der Waals surface area contributed by atoms with Crippen molar-refractivity contribution in [2.45, 2.75) is 37.8 Å². The van der Waals surface area contributed by atoms with Crippen LogP contribution in [-0.2, 0) is 16.6 Å². The van der Waals surface area contributed by atoms with E-state index in [1.165, 1.54) is 0 Å². The van der Waals surface area contributed by atoms with Crippen molar-refractivity contribution in [2.75, 3.05) is 13.7 Å². The molecule has 0 bridgehead atoms. The minimum Gasteiger partial charge on any atom is -0.497 e. The maximum absolute atomic E-state index is 12.5. The lowest BCUT2D eigenvalue weighted by molar-refractivity contribution is -0.122. The second-order valence-corrected chi connectivity index (χ2v) is 6.35. The molecule has 3 rings (SSSR count). The third kappa shape index (κ3) is 4.39. The molecule has 0 aliphatic carbocycles. The summed E-state index contributed by atoms with van der Waals surface area (Å²) in [6.45, 7) is 0.811. The topological polar surface area (TPSA) is 65.4 Å². The number of hydrogen-bond donors (Lipinski definition) is 1. The Bertz CT molecular complexity index is 707. The predicted molar refractivity (Wildman–Crippen MR) is 94.4 cm³/mol. The van der Waals surface area contributed by atoms with E-state index in [9.17, 15) is 4.79 Å². The summed E-state index contributed by atoms with van der Waals surface area (Å²) in [7, 11) is 3.56. The first-order valence-corrected chi connectivity index (χ1v) is 8.69. The number of amides is 1. The van der Waals surface area contributed by atoms with Crippen LogP contribution in [0.5, 0.6) is 5.75 Å². The molecule has 1 N–H and O–H groups in total. The number of hydrogen-bond acceptors (Lipinski definition) is 4. The number of benzene rings is 1. The number of methoxy groups -OCH3 is 1. The normalized spacial score (nSPS) is 18.1. The van der Waals surface area contributed by atoms with Gasteiger partial charge < -0.3 is 19.4 Å². The maximum Gasteiger partial charge on any atom is 0.220 e. The highest BCUT2D eigenvalue weighted by Gasteiger charge is 2.22. The van der Waals surface area contributed by atoms with E-state index in [1.54, 1.807) is 13.3 Å². The minimum absolute atomic E-state index is 0.00585. The van der Waals surface area contributed by atoms with Crippen molar-refractivity contribution in [3.8, 4) is 5.75 Å². The van der Waals surface area contributed by atoms with Gasteiger partial charge in [-0.2, -0.15) is 0 Å². The molecule has 1 aromatic carbocycles. The van der Waals surface area contributed by atoms with Crippen LogP contribution in [0.1, 0.15) is 43.1 Å². The molecule has 6 heteroatoms. The quantitative estimate of drug-likeness (QED) is 0.839. The van der Waals surface area contributed by atoms with E-state index < -0.39 is 0 Å². The molecular weight excluding hydrogens is 318 g/mol. The number of aryl methyl sites for hydroxylation is 1. The smallest absolute Gasteiger partial charge is 0.220 e. The molecule has 2 atom stereocenters. The van der Waals surface area contributed by atoms with Crippen LogP contribution in [0.2, 0.25) is 0 Å². The molecule has 0 saturated carbocycles. The second kappa shape index (κ2) is 8.16. The maximum atomic E-state index is 12.5. The van der Waals surface area contributed by atoms with Gasteiger partial charge in [-0.25, -0.2) is 4.98 Å². The largest absolute Gasteiger partial charge is 0.497 e. The fourth-order valence-corrected chi connectivity index (χ4v) is 3.17. The first-order chi connectivity index (χ1) is 12.2. The summed E-state index contributed by atoms with van der Waals surface area (Å²) in [6.07, 6.45) is 7.18. The van der Waals surface area contributed by atoms with Gasteiger partial charge in [0.15, 0.2) is 0 Å². The zero-order valence-corrected chi connectivity index (χ0v) is 14.8. The first kappa shape index (κ1) is 17.5. The van der Waals surface area contributed by atoms with Crippen molar-refractivity contribution in [3.63, 3.8) is 0 Å². The molecule has 1 aliphatic heterocycles. The molecule has 2 aromatic rings. The van der Waals surface area contributed by atoms with Crippen molar-refractivity contribution < 1.29 is 14.3 Å². The summed E-state index contributed by atoms with van der Waals surface area (Å²) in [5.41, 5.74) is 0.944. The van der Waals surface area contributed by atoms with Crippen molar-refractivity contribution in [2.24, 2.45) is 7.05 Å². The number of ether oxygens (including phenoxy) is 2. The average Bonchev–Trinajstić information content (AvgIpc) is 3.29. The van der Waals surface area contributed by atoms with Crippen LogP contribution in [0.15, 0.2) is 36.7 Å². The summed E-state index contributed by atoms with van der Waals surface area (Å²) < 4.78 is 12.8. The van der Waals surface area contributed by atoms with Crippen LogP contribution in [0.3, 0.4) is 0 Å². The Morgan fingerprint density at radius 1 is 1.52 bits per heavy atom. The third-order valence-corrected chi connectivity index (χ3v) is 4.57. The monoisotopic (exact) mass is 343 g/mol. The standard InChI is InChI=1S/C19H25N3O3/c1-22-11-10-20-19(22)18(14-5-3-6-16(13-14)24-2)21-17(23)9-8-15-7-4-12-25-15/h3,5-6,10-11,13,15,18H,4,7-9,12H2,1-2H3,(H,21,23)/t15-,18+/m1/s1. The molecule has 1 saturated heterocycles. The van der Waals surface area contributed by atoms with Crippen LogP contribution >= 0.6 is 0 Å². The number of imidazole rings is 1. The highest BCUT2D eigenvalue weighted by Crippen LogP contribution is 2.24. The van der Waals surface area contributed by atoms with Crippen molar-refractivity contribution >= 4 is 5.91 Å². The Morgan fingerprint density at radius 3 is 3.08 bits per heavy atom. The Labute approximate surface area is 148 Å². The van der Waals surface area contributed by atoms with E-state index in [2.05, 4.69) is 10.3 Å². The predicted octanol–water partition coefficient (Wildman–Crippen LogP) is 2.59. The van der Waals surface area contributed by atoms with Gasteiger partial charge in [0.1, 0.15) is 17.6 Å². The van der Waals surface area contributed by atoms with Gasteiger partial charge in [0.25, 0.3) is 0 Å². The molecule has 2 heterocycles. The number of carbonyl (C=O) groups is 1. The van der Waals surface area contributed by atoms with Gasteiger partial charge >= 0.3 is 0 Å². The van der Waals surface area contributed by atoms with Gasteiger partial charge in [-0.1, -0.05) is 12.1 Å². The van der Waals surface area contributed by atoms with E-state index in [0.29, 0.717) is 6.42 Å². The van der Waals surface area contributed by atoms with Gasteiger partial charge in [0, 0.05) is 32.5 Å². The molecule has 1 fully saturated rings. The van der Waals surface area contributed by atoms with Crippen molar-refractivity contribution in [3.05, 3.63) is 48.0 Å². The summed E-state index contributed by atoms with van der Waals surface area (Å²) in [5.74, 6) is 1.55. The number of carbonyl (C=O) groups excluding carboxylic acids is 1. The summed E-state index contributed by atoms with van der Waals surface area (Å²) in [5, 5.41) is 3.12. The van der Waals surface area contributed by atoms with E-state index >= 15 is 0 Å². The SMILES string of the molecule is COc1cccc([C@H](NC(=O)CC[C@H]2CCCO2)c2nccn2C)c1. The van der Waals surface area contributed by atoms with Crippen LogP contribution in [0.25, 0.3) is 0 Å². The molecule has 134 valence electrons. The summed E-state index contributed by atoms with van der Waals surface area (Å²) in [4.78, 5) is 16.9. The van der Waals surface area contributed by atoms with Gasteiger partial charge in [-0.05, 0) is 37.0 Å². The zero-order valence-electron chi connectivity index (χ0n) is 14.8. The fraction of sp³-hybridized carbons (Fsp3) is 0.474. The molecule has 1 amide bonds. The highest BCUT2D eigenvalue weighted by atomic mass is 16.5. The van der Waals surface area contributed by atoms with Crippen molar-refractivity contribution in [1.82, 2.24) is 14.9 Å². The van der Waals surface area contributed by atoms with Crippen molar-refractivity contribution in [1.29, 1.82) is 0 Å². The molecule has 0 unspecified atom stereocenters. The minimum atomic E-state index is -0.313. The number of rotatable bonds is 7. The van der Waals surface area contributed by atoms with Gasteiger partial charge in [0.05, 0.1) is 13.2 Å². The van der Waals surface area contributed by atoms with Crippen LogP contribution in [-0.4, -0.2) is 35.3 Å². The fourth-order valence-electron chi connectivity index (χ4n) is 3.17. The molecule has 0 spiro atoms. The summed E-state index contributed by atoms with van der Waals surface area (Å²) >= 11 is 0. The first-order valence-electron chi connectivity index (χ1n) is 8.69. The zero-order chi connectivity index (χ0) is 17.6. The lowest BCUT2D eigenvalue weighted by Gasteiger charge is -2.20. The Kier molecular flexibility index (Phi) is 5.71. The van der Waals surface area contributed by atoms with Gasteiger partial charge in [-0.15, -0.1) is 0 Å². The van der Waals surface area contributed by atoms with E-state index in [4.69, 9.17) is 9.47 Å². The van der Waals surface area contributed by atoms with Crippen LogP contribution in [0.4, 0.5) is 0 Å². The summed E-state index contributed by atoms with van der Waals surface area (Å²) in [6, 6.07) is 7.40. The number of aromatic nitrogens is 2. The van der Waals surface area contributed by atoms with Crippen LogP contribution in [0, 0.1) is 0 Å². The molecule has 1 aliphatic rings. The van der Waals surface area contributed by atoms with Gasteiger partial charge in [0.2, 0.25) is 5.91 Å². The number of nitrogens with zero attached hydrogens (tertiary/aromatic N) is 2. The Morgan fingerprint density at radius 2 is 2.40 bits per heavy atom. The number of nitrogens with one attached hydrogen (secondary N) is 1. The van der Waals surface area contributed by atoms with Crippen LogP contribution < -0.4 is 10.1 Å². The molecule has 0 radical (unpaired) electrons. The lowest BCUT2D eigenvalue weighted by Crippen LogP contribution is -2.31. The molecule has 6 nitrogen and oxygen atoms in total. The van der Waals surface area contributed by atoms with E-state index in [-0.39, 0.29) is 18.1 Å². The Balaban J connectivity index is 1.74. The third-order valence-electron chi connectivity index (χ3n) is 4.57. The molecule has 25 heavy (non-hydrogen) atoms.